The number of quaternary nitrogens is 1. The third-order valence-electron chi connectivity index (χ3n) is 0.832. The van der Waals surface area contributed by atoms with Crippen LogP contribution in [0.15, 0.2) is 0 Å². The molecular formula is C7H14N+. The van der Waals surface area contributed by atoms with Crippen LogP contribution in [-0.2, 0) is 0 Å². The molecule has 0 unspecified atom stereocenters. The molecule has 0 bridgehead atoms. The molecule has 0 aliphatic rings. The van der Waals surface area contributed by atoms with Gasteiger partial charge in [0.2, 0.25) is 0 Å². The van der Waals surface area contributed by atoms with E-state index in [9.17, 15) is 0 Å². The van der Waals surface area contributed by atoms with Gasteiger partial charge in [-0.05, 0) is 26.7 Å². The van der Waals surface area contributed by atoms with Crippen LogP contribution in [-0.4, -0.2) is 12.1 Å². The summed E-state index contributed by atoms with van der Waals surface area (Å²) in [6.07, 6.45) is 5.05. The SMILES string of the molecule is C#CC[NH2+]C(C)(C)C. The Kier molecular flexibility index (Phi) is 2.57. The highest BCUT2D eigenvalue weighted by molar-refractivity contribution is 4.81. The summed E-state index contributed by atoms with van der Waals surface area (Å²) in [4.78, 5) is 0. The van der Waals surface area contributed by atoms with E-state index in [1.165, 1.54) is 0 Å². The number of hydrogen-bond acceptors (Lipinski definition) is 0. The average molecular weight is 112 g/mol. The molecule has 0 heterocycles. The Labute approximate surface area is 51.5 Å². The lowest BCUT2D eigenvalue weighted by Gasteiger charge is -2.13. The van der Waals surface area contributed by atoms with Crippen LogP contribution in [0.25, 0.3) is 0 Å². The van der Waals surface area contributed by atoms with Crippen LogP contribution in [0.2, 0.25) is 0 Å². The minimum absolute atomic E-state index is 0.284. The van der Waals surface area contributed by atoms with Crippen molar-refractivity contribution in [3.05, 3.63) is 0 Å². The quantitative estimate of drug-likeness (QED) is 0.459. The summed E-state index contributed by atoms with van der Waals surface area (Å²) < 4.78 is 0. The molecule has 0 saturated carbocycles. The summed E-state index contributed by atoms with van der Waals surface area (Å²) in [5.74, 6) is 2.57. The van der Waals surface area contributed by atoms with Crippen molar-refractivity contribution in [2.75, 3.05) is 6.54 Å². The lowest BCUT2D eigenvalue weighted by molar-refractivity contribution is -0.707. The largest absolute Gasteiger partial charge is 0.332 e. The third kappa shape index (κ3) is 5.52. The maximum Gasteiger partial charge on any atom is 0.137 e. The van der Waals surface area contributed by atoms with Gasteiger partial charge in [0.25, 0.3) is 0 Å². The van der Waals surface area contributed by atoms with Crippen molar-refractivity contribution < 1.29 is 5.32 Å². The van der Waals surface area contributed by atoms with Gasteiger partial charge in [0.15, 0.2) is 0 Å². The summed E-state index contributed by atoms with van der Waals surface area (Å²) in [5, 5.41) is 2.13. The minimum Gasteiger partial charge on any atom is -0.332 e. The molecular weight excluding hydrogens is 98.1 g/mol. The molecule has 0 amide bonds. The second-order valence-corrected chi connectivity index (χ2v) is 2.98. The van der Waals surface area contributed by atoms with E-state index >= 15 is 0 Å². The molecule has 1 nitrogen and oxygen atoms in total. The Bertz CT molecular complexity index is 91.9. The van der Waals surface area contributed by atoms with Gasteiger partial charge >= 0.3 is 0 Å². The zero-order valence-electron chi connectivity index (χ0n) is 5.86. The zero-order valence-corrected chi connectivity index (χ0v) is 5.86. The molecule has 46 valence electrons. The van der Waals surface area contributed by atoms with E-state index in [1.54, 1.807) is 0 Å². The molecule has 0 atom stereocenters. The normalized spacial score (nSPS) is 10.8. The number of nitrogens with two attached hydrogens (primary N) is 1. The van der Waals surface area contributed by atoms with Crippen LogP contribution in [0.3, 0.4) is 0 Å². The maximum atomic E-state index is 5.05. The van der Waals surface area contributed by atoms with Gasteiger partial charge in [-0.25, -0.2) is 0 Å². The Morgan fingerprint density at radius 2 is 2.00 bits per heavy atom. The fourth-order valence-electron chi connectivity index (χ4n) is 0.365. The highest BCUT2D eigenvalue weighted by Crippen LogP contribution is 1.86. The average Bonchev–Trinajstić information content (AvgIpc) is 1.59. The fraction of sp³-hybridized carbons (Fsp3) is 0.714. The predicted octanol–water partition coefficient (Wildman–Crippen LogP) is -0.0185. The first-order chi connectivity index (χ1) is 3.56. The lowest BCUT2D eigenvalue weighted by atomic mass is 10.1. The monoisotopic (exact) mass is 112 g/mol. The molecule has 2 N–H and O–H groups in total. The van der Waals surface area contributed by atoms with Gasteiger partial charge in [0, 0.05) is 0 Å². The fourth-order valence-corrected chi connectivity index (χ4v) is 0.365. The second-order valence-electron chi connectivity index (χ2n) is 2.98. The van der Waals surface area contributed by atoms with Crippen molar-refractivity contribution >= 4 is 0 Å². The number of terminal acetylenes is 1. The van der Waals surface area contributed by atoms with E-state index in [-0.39, 0.29) is 5.54 Å². The van der Waals surface area contributed by atoms with E-state index in [2.05, 4.69) is 32.0 Å². The molecule has 0 aromatic rings. The summed E-state index contributed by atoms with van der Waals surface area (Å²) in [6.45, 7) is 7.21. The molecule has 0 rings (SSSR count). The summed E-state index contributed by atoms with van der Waals surface area (Å²) in [5.41, 5.74) is 0.284. The molecule has 0 saturated heterocycles. The maximum absolute atomic E-state index is 5.05. The van der Waals surface area contributed by atoms with Gasteiger partial charge in [-0.3, -0.25) is 0 Å². The second kappa shape index (κ2) is 2.74. The Balaban J connectivity index is 3.28. The van der Waals surface area contributed by atoms with E-state index < -0.39 is 0 Å². The number of rotatable bonds is 1. The Hall–Kier alpha value is -0.480. The first-order valence-electron chi connectivity index (χ1n) is 2.84. The summed E-state index contributed by atoms with van der Waals surface area (Å²) in [7, 11) is 0. The predicted molar refractivity (Wildman–Crippen MR) is 35.4 cm³/mol. The molecule has 0 aromatic carbocycles. The first-order valence-corrected chi connectivity index (χ1v) is 2.84. The van der Waals surface area contributed by atoms with Gasteiger partial charge in [-0.15, -0.1) is 6.42 Å². The topological polar surface area (TPSA) is 16.6 Å². The molecule has 8 heavy (non-hydrogen) atoms. The van der Waals surface area contributed by atoms with Gasteiger partial charge in [0.1, 0.15) is 6.54 Å². The van der Waals surface area contributed by atoms with Gasteiger partial charge in [-0.1, -0.05) is 0 Å². The summed E-state index contributed by atoms with van der Waals surface area (Å²) in [6, 6.07) is 0. The van der Waals surface area contributed by atoms with Crippen molar-refractivity contribution in [2.45, 2.75) is 26.3 Å². The van der Waals surface area contributed by atoms with Crippen molar-refractivity contribution in [3.63, 3.8) is 0 Å². The van der Waals surface area contributed by atoms with Crippen molar-refractivity contribution in [1.29, 1.82) is 0 Å². The Morgan fingerprint density at radius 3 is 2.12 bits per heavy atom. The van der Waals surface area contributed by atoms with E-state index in [0.29, 0.717) is 0 Å². The molecule has 1 heteroatoms. The molecule has 0 spiro atoms. The van der Waals surface area contributed by atoms with Crippen molar-refractivity contribution in [1.82, 2.24) is 0 Å². The number of hydrogen-bond donors (Lipinski definition) is 1. The highest BCUT2D eigenvalue weighted by Gasteiger charge is 2.09. The summed E-state index contributed by atoms with van der Waals surface area (Å²) >= 11 is 0. The third-order valence-corrected chi connectivity index (χ3v) is 0.832. The molecule has 0 aliphatic heterocycles. The first kappa shape index (κ1) is 7.52. The highest BCUT2D eigenvalue weighted by atomic mass is 14.9. The van der Waals surface area contributed by atoms with Gasteiger partial charge in [0.05, 0.1) is 5.54 Å². The van der Waals surface area contributed by atoms with E-state index in [4.69, 9.17) is 6.42 Å². The molecule has 0 aromatic heterocycles. The van der Waals surface area contributed by atoms with Crippen LogP contribution >= 0.6 is 0 Å². The Morgan fingerprint density at radius 1 is 1.50 bits per heavy atom. The van der Waals surface area contributed by atoms with Crippen molar-refractivity contribution in [3.8, 4) is 12.3 Å². The van der Waals surface area contributed by atoms with E-state index in [1.807, 2.05) is 0 Å². The van der Waals surface area contributed by atoms with Crippen LogP contribution in [0.5, 0.6) is 0 Å². The van der Waals surface area contributed by atoms with E-state index in [0.717, 1.165) is 6.54 Å². The molecule has 0 fully saturated rings. The van der Waals surface area contributed by atoms with Crippen LogP contribution in [0, 0.1) is 12.3 Å². The standard InChI is InChI=1S/C7H13N/c1-5-6-8-7(2,3)4/h1,8H,6H2,2-4H3/p+1. The van der Waals surface area contributed by atoms with Crippen LogP contribution < -0.4 is 5.32 Å². The van der Waals surface area contributed by atoms with Gasteiger partial charge in [-0.2, -0.15) is 0 Å². The van der Waals surface area contributed by atoms with Gasteiger partial charge < -0.3 is 5.32 Å². The lowest BCUT2D eigenvalue weighted by Crippen LogP contribution is -2.94. The van der Waals surface area contributed by atoms with Crippen LogP contribution in [0.1, 0.15) is 20.8 Å². The molecule has 0 radical (unpaired) electrons. The van der Waals surface area contributed by atoms with Crippen molar-refractivity contribution in [2.24, 2.45) is 0 Å². The van der Waals surface area contributed by atoms with Crippen LogP contribution in [0.4, 0.5) is 0 Å². The molecule has 0 aliphatic carbocycles. The minimum atomic E-state index is 0.284. The smallest absolute Gasteiger partial charge is 0.137 e. The zero-order chi connectivity index (χ0) is 6.62.